The number of fused-ring (bicyclic) bond motifs is 10. The normalized spacial score (nSPS) is 14.5. The van der Waals surface area contributed by atoms with Gasteiger partial charge in [0, 0.05) is 20.1 Å². The second kappa shape index (κ2) is 6.03. The van der Waals surface area contributed by atoms with Crippen molar-refractivity contribution in [2.45, 2.75) is 5.41 Å². The maximum absolute atomic E-state index is 6.50. The number of rotatable bonds is 0. The van der Waals surface area contributed by atoms with Crippen LogP contribution in [0.5, 0.6) is 0 Å². The van der Waals surface area contributed by atoms with Crippen LogP contribution in [0.1, 0.15) is 22.3 Å². The van der Waals surface area contributed by atoms with Crippen LogP contribution in [0.15, 0.2) is 72.8 Å². The van der Waals surface area contributed by atoms with E-state index in [0.29, 0.717) is 20.1 Å². The van der Waals surface area contributed by atoms with Crippen molar-refractivity contribution in [2.24, 2.45) is 0 Å². The summed E-state index contributed by atoms with van der Waals surface area (Å²) >= 11 is 26.0. The fourth-order valence-corrected chi connectivity index (χ4v) is 5.81. The second-order valence-corrected chi connectivity index (χ2v) is 9.26. The molecule has 4 aromatic rings. The number of benzene rings is 4. The topological polar surface area (TPSA) is 0 Å². The van der Waals surface area contributed by atoms with Crippen LogP contribution in [0.2, 0.25) is 20.1 Å². The monoisotopic (exact) mass is 452 g/mol. The highest BCUT2D eigenvalue weighted by atomic mass is 35.5. The van der Waals surface area contributed by atoms with Crippen LogP contribution in [-0.4, -0.2) is 0 Å². The van der Waals surface area contributed by atoms with E-state index in [1.807, 2.05) is 24.3 Å². The smallest absolute Gasteiger partial charge is 0.0727 e. The predicted molar refractivity (Wildman–Crippen MR) is 123 cm³/mol. The summed E-state index contributed by atoms with van der Waals surface area (Å²) < 4.78 is 0. The van der Waals surface area contributed by atoms with Crippen molar-refractivity contribution in [1.82, 2.24) is 0 Å². The summed E-state index contributed by atoms with van der Waals surface area (Å²) in [5.74, 6) is 0. The molecule has 0 bridgehead atoms. The maximum Gasteiger partial charge on any atom is 0.0727 e. The summed E-state index contributed by atoms with van der Waals surface area (Å²) in [5.41, 5.74) is 8.58. The van der Waals surface area contributed by atoms with E-state index in [9.17, 15) is 0 Å². The quantitative estimate of drug-likeness (QED) is 0.216. The molecular formula is C25H12Cl4. The molecule has 29 heavy (non-hydrogen) atoms. The van der Waals surface area contributed by atoms with Crippen LogP contribution in [-0.2, 0) is 5.41 Å². The van der Waals surface area contributed by atoms with E-state index < -0.39 is 5.41 Å². The molecule has 0 atom stereocenters. The van der Waals surface area contributed by atoms with Crippen molar-refractivity contribution < 1.29 is 0 Å². The van der Waals surface area contributed by atoms with Crippen LogP contribution >= 0.6 is 46.4 Å². The first-order valence-electron chi connectivity index (χ1n) is 9.21. The maximum atomic E-state index is 6.50. The molecule has 0 N–H and O–H groups in total. The average molecular weight is 454 g/mol. The van der Waals surface area contributed by atoms with Crippen molar-refractivity contribution in [3.05, 3.63) is 115 Å². The molecule has 4 heteroatoms. The largest absolute Gasteiger partial charge is 0.0843 e. The van der Waals surface area contributed by atoms with E-state index in [2.05, 4.69) is 48.5 Å². The lowest BCUT2D eigenvalue weighted by Gasteiger charge is -2.30. The third-order valence-corrected chi connectivity index (χ3v) is 7.06. The zero-order valence-electron chi connectivity index (χ0n) is 14.9. The molecular weight excluding hydrogens is 442 g/mol. The summed E-state index contributed by atoms with van der Waals surface area (Å²) in [6.07, 6.45) is 0. The lowest BCUT2D eigenvalue weighted by Crippen LogP contribution is -2.26. The first-order chi connectivity index (χ1) is 14.0. The van der Waals surface area contributed by atoms with E-state index in [-0.39, 0.29) is 0 Å². The minimum atomic E-state index is -0.555. The number of hydrogen-bond donors (Lipinski definition) is 0. The standard InChI is InChI=1S/C25H12Cl4/c26-13-1-5-17-18-6-2-14(27)10-22(18)25(21(17)9-13)23-11-15(28)3-7-19(23)20-8-4-16(29)12-24(20)25/h1-12H. The zero-order valence-corrected chi connectivity index (χ0v) is 18.0. The fraction of sp³-hybridized carbons (Fsp3) is 0.0400. The van der Waals surface area contributed by atoms with Crippen LogP contribution in [0, 0.1) is 0 Å². The molecule has 0 saturated carbocycles. The molecule has 0 unspecified atom stereocenters. The van der Waals surface area contributed by atoms with Gasteiger partial charge in [-0.25, -0.2) is 0 Å². The Morgan fingerprint density at radius 2 is 0.621 bits per heavy atom. The van der Waals surface area contributed by atoms with Gasteiger partial charge in [0.25, 0.3) is 0 Å². The van der Waals surface area contributed by atoms with E-state index in [1.165, 1.54) is 0 Å². The van der Waals surface area contributed by atoms with Crippen molar-refractivity contribution in [3.63, 3.8) is 0 Å². The summed E-state index contributed by atoms with van der Waals surface area (Å²) in [6.45, 7) is 0. The van der Waals surface area contributed by atoms with E-state index in [1.54, 1.807) is 0 Å². The van der Waals surface area contributed by atoms with Gasteiger partial charge in [0.2, 0.25) is 0 Å². The molecule has 0 aromatic heterocycles. The van der Waals surface area contributed by atoms with Gasteiger partial charge in [0.15, 0.2) is 0 Å². The van der Waals surface area contributed by atoms with Crippen molar-refractivity contribution >= 4 is 46.4 Å². The third kappa shape index (κ3) is 2.24. The Morgan fingerprint density at radius 1 is 0.379 bits per heavy atom. The van der Waals surface area contributed by atoms with Gasteiger partial charge in [-0.05, 0) is 93.0 Å². The van der Waals surface area contributed by atoms with Gasteiger partial charge in [-0.1, -0.05) is 70.7 Å². The molecule has 2 aliphatic rings. The van der Waals surface area contributed by atoms with Gasteiger partial charge in [-0.2, -0.15) is 0 Å². The van der Waals surface area contributed by atoms with Gasteiger partial charge < -0.3 is 0 Å². The third-order valence-electron chi connectivity index (χ3n) is 6.12. The number of hydrogen-bond acceptors (Lipinski definition) is 0. The van der Waals surface area contributed by atoms with E-state index in [0.717, 1.165) is 44.5 Å². The SMILES string of the molecule is Clc1ccc2c(c1)C1(c3cc(Cl)ccc3-2)c2cc(Cl)ccc2-c2ccc(Cl)cc21. The Hall–Kier alpha value is -1.96. The predicted octanol–water partition coefficient (Wildman–Crippen LogP) is 8.64. The van der Waals surface area contributed by atoms with Crippen molar-refractivity contribution in [2.75, 3.05) is 0 Å². The molecule has 0 amide bonds. The molecule has 0 heterocycles. The zero-order chi connectivity index (χ0) is 19.9. The highest BCUT2D eigenvalue weighted by molar-refractivity contribution is 6.32. The van der Waals surface area contributed by atoms with Crippen LogP contribution in [0.4, 0.5) is 0 Å². The molecule has 1 spiro atoms. The second-order valence-electron chi connectivity index (χ2n) is 7.51. The summed E-state index contributed by atoms with van der Waals surface area (Å²) in [4.78, 5) is 0. The molecule has 0 fully saturated rings. The highest BCUT2D eigenvalue weighted by Crippen LogP contribution is 2.63. The van der Waals surface area contributed by atoms with Gasteiger partial charge in [0.1, 0.15) is 0 Å². The van der Waals surface area contributed by atoms with Gasteiger partial charge >= 0.3 is 0 Å². The van der Waals surface area contributed by atoms with Crippen molar-refractivity contribution in [3.8, 4) is 22.3 Å². The molecule has 140 valence electrons. The van der Waals surface area contributed by atoms with Gasteiger partial charge in [-0.3, -0.25) is 0 Å². The van der Waals surface area contributed by atoms with Gasteiger partial charge in [0.05, 0.1) is 5.41 Å². The number of halogens is 4. The Balaban J connectivity index is 1.88. The Bertz CT molecular complexity index is 1140. The minimum Gasteiger partial charge on any atom is -0.0843 e. The summed E-state index contributed by atoms with van der Waals surface area (Å²) in [5, 5.41) is 2.78. The first-order valence-corrected chi connectivity index (χ1v) is 10.7. The molecule has 0 nitrogen and oxygen atoms in total. The highest BCUT2D eigenvalue weighted by Gasteiger charge is 2.52. The lowest BCUT2D eigenvalue weighted by atomic mass is 9.70. The van der Waals surface area contributed by atoms with Gasteiger partial charge in [-0.15, -0.1) is 0 Å². The van der Waals surface area contributed by atoms with Crippen molar-refractivity contribution in [1.29, 1.82) is 0 Å². The molecule has 6 rings (SSSR count). The summed E-state index contributed by atoms with van der Waals surface area (Å²) in [6, 6.07) is 24.3. The molecule has 0 saturated heterocycles. The van der Waals surface area contributed by atoms with Crippen LogP contribution < -0.4 is 0 Å². The Kier molecular flexibility index (Phi) is 3.71. The van der Waals surface area contributed by atoms with Crippen LogP contribution in [0.3, 0.4) is 0 Å². The van der Waals surface area contributed by atoms with Crippen LogP contribution in [0.25, 0.3) is 22.3 Å². The molecule has 4 aromatic carbocycles. The average Bonchev–Trinajstić information content (AvgIpc) is 3.13. The minimum absolute atomic E-state index is 0.555. The van der Waals surface area contributed by atoms with E-state index >= 15 is 0 Å². The molecule has 2 aliphatic carbocycles. The Morgan fingerprint density at radius 3 is 0.862 bits per heavy atom. The fourth-order valence-electron chi connectivity index (χ4n) is 5.12. The van der Waals surface area contributed by atoms with E-state index in [4.69, 9.17) is 46.4 Å². The molecule has 0 aliphatic heterocycles. The summed E-state index contributed by atoms with van der Waals surface area (Å²) in [7, 11) is 0. The Labute approximate surface area is 188 Å². The molecule has 0 radical (unpaired) electrons. The lowest BCUT2D eigenvalue weighted by molar-refractivity contribution is 0.794. The first kappa shape index (κ1) is 17.9.